The average molecular weight is 392 g/mol. The van der Waals surface area contributed by atoms with Crippen LogP contribution >= 0.6 is 12.2 Å². The van der Waals surface area contributed by atoms with Crippen molar-refractivity contribution in [3.8, 4) is 22.6 Å². The van der Waals surface area contributed by atoms with E-state index < -0.39 is 0 Å². The molecule has 0 atom stereocenters. The Morgan fingerprint density at radius 3 is 2.25 bits per heavy atom. The van der Waals surface area contributed by atoms with E-state index in [1.54, 1.807) is 25.3 Å². The molecule has 0 aliphatic carbocycles. The van der Waals surface area contributed by atoms with Crippen LogP contribution in [-0.4, -0.2) is 25.2 Å². The lowest BCUT2D eigenvalue weighted by Gasteiger charge is -2.14. The van der Waals surface area contributed by atoms with Crippen LogP contribution in [0.4, 0.5) is 5.69 Å². The van der Waals surface area contributed by atoms with Crippen molar-refractivity contribution in [2.45, 2.75) is 0 Å². The van der Waals surface area contributed by atoms with Crippen LogP contribution in [0.25, 0.3) is 11.1 Å². The van der Waals surface area contributed by atoms with E-state index in [1.807, 2.05) is 54.6 Å². The number of anilines is 1. The van der Waals surface area contributed by atoms with Gasteiger partial charge in [-0.15, -0.1) is 0 Å². The fourth-order valence-corrected chi connectivity index (χ4v) is 2.97. The molecule has 0 heterocycles. The van der Waals surface area contributed by atoms with E-state index in [1.165, 1.54) is 7.11 Å². The summed E-state index contributed by atoms with van der Waals surface area (Å²) >= 11 is 5.33. The van der Waals surface area contributed by atoms with E-state index in [-0.39, 0.29) is 11.0 Å². The van der Waals surface area contributed by atoms with Crippen molar-refractivity contribution >= 4 is 28.9 Å². The summed E-state index contributed by atoms with van der Waals surface area (Å²) in [6.07, 6.45) is 0. The third-order valence-corrected chi connectivity index (χ3v) is 4.34. The normalized spacial score (nSPS) is 10.1. The summed E-state index contributed by atoms with van der Waals surface area (Å²) in [7, 11) is 3.06. The Morgan fingerprint density at radius 2 is 1.54 bits per heavy atom. The number of hydrogen-bond donors (Lipinski definition) is 2. The molecular formula is C22H20N2O3S. The number of rotatable bonds is 5. The maximum atomic E-state index is 12.5. The van der Waals surface area contributed by atoms with Gasteiger partial charge in [-0.25, -0.2) is 0 Å². The standard InChI is InChI=1S/C22H20N2O3S/c1-26-19-13-12-16(14-20(19)27-2)21(25)24-22(28)23-18-11-7-6-10-17(18)15-8-4-3-5-9-15/h3-14H,1-2H3,(H2,23,24,25,28). The summed E-state index contributed by atoms with van der Waals surface area (Å²) < 4.78 is 10.4. The highest BCUT2D eigenvalue weighted by Gasteiger charge is 2.13. The van der Waals surface area contributed by atoms with E-state index in [9.17, 15) is 4.79 Å². The molecule has 0 aromatic heterocycles. The molecule has 0 aliphatic rings. The second-order valence-electron chi connectivity index (χ2n) is 5.89. The third kappa shape index (κ3) is 4.47. The van der Waals surface area contributed by atoms with Gasteiger partial charge in [0, 0.05) is 16.8 Å². The van der Waals surface area contributed by atoms with Gasteiger partial charge in [0.2, 0.25) is 0 Å². The first-order valence-corrected chi connectivity index (χ1v) is 9.02. The summed E-state index contributed by atoms with van der Waals surface area (Å²) in [6.45, 7) is 0. The topological polar surface area (TPSA) is 59.6 Å². The SMILES string of the molecule is COc1ccc(C(=O)NC(=S)Nc2ccccc2-c2ccccc2)cc1OC. The molecule has 1 amide bonds. The van der Waals surface area contributed by atoms with Crippen LogP contribution in [0.5, 0.6) is 11.5 Å². The van der Waals surface area contributed by atoms with E-state index >= 15 is 0 Å². The van der Waals surface area contributed by atoms with Crippen molar-refractivity contribution < 1.29 is 14.3 Å². The zero-order valence-corrected chi connectivity index (χ0v) is 16.4. The van der Waals surface area contributed by atoms with Gasteiger partial charge in [-0.2, -0.15) is 0 Å². The van der Waals surface area contributed by atoms with E-state index in [4.69, 9.17) is 21.7 Å². The van der Waals surface area contributed by atoms with Crippen LogP contribution in [0.3, 0.4) is 0 Å². The minimum Gasteiger partial charge on any atom is -0.493 e. The van der Waals surface area contributed by atoms with Gasteiger partial charge in [0.15, 0.2) is 16.6 Å². The van der Waals surface area contributed by atoms with Gasteiger partial charge < -0.3 is 14.8 Å². The summed E-state index contributed by atoms with van der Waals surface area (Å²) in [6, 6.07) is 22.7. The molecule has 6 heteroatoms. The van der Waals surface area contributed by atoms with Crippen molar-refractivity contribution in [2.24, 2.45) is 0 Å². The van der Waals surface area contributed by atoms with E-state index in [0.717, 1.165) is 16.8 Å². The number of hydrogen-bond acceptors (Lipinski definition) is 4. The predicted molar refractivity (Wildman–Crippen MR) is 115 cm³/mol. The van der Waals surface area contributed by atoms with Gasteiger partial charge in [-0.3, -0.25) is 10.1 Å². The molecule has 0 saturated carbocycles. The fraction of sp³-hybridized carbons (Fsp3) is 0.0909. The van der Waals surface area contributed by atoms with Crippen LogP contribution in [0.15, 0.2) is 72.8 Å². The van der Waals surface area contributed by atoms with E-state index in [2.05, 4.69) is 10.6 Å². The minimum atomic E-state index is -0.337. The molecule has 0 aliphatic heterocycles. The van der Waals surface area contributed by atoms with Crippen molar-refractivity contribution in [3.05, 3.63) is 78.4 Å². The van der Waals surface area contributed by atoms with Crippen molar-refractivity contribution in [3.63, 3.8) is 0 Å². The maximum Gasteiger partial charge on any atom is 0.257 e. The fourth-order valence-electron chi connectivity index (χ4n) is 2.77. The zero-order valence-electron chi connectivity index (χ0n) is 15.6. The number of carbonyl (C=O) groups excluding carboxylic acids is 1. The predicted octanol–water partition coefficient (Wildman–Crippen LogP) is 4.50. The molecule has 142 valence electrons. The summed E-state index contributed by atoms with van der Waals surface area (Å²) in [5.74, 6) is 0.690. The lowest BCUT2D eigenvalue weighted by atomic mass is 10.0. The summed E-state index contributed by atoms with van der Waals surface area (Å²) in [5, 5.41) is 6.01. The number of para-hydroxylation sites is 1. The van der Waals surface area contributed by atoms with Crippen molar-refractivity contribution in [1.82, 2.24) is 5.32 Å². The Labute approximate surface area is 169 Å². The first-order valence-electron chi connectivity index (χ1n) is 8.61. The number of amides is 1. The Morgan fingerprint density at radius 1 is 0.857 bits per heavy atom. The highest BCUT2D eigenvalue weighted by atomic mass is 32.1. The molecular weight excluding hydrogens is 372 g/mol. The van der Waals surface area contributed by atoms with Crippen LogP contribution in [0.1, 0.15) is 10.4 Å². The summed E-state index contributed by atoms with van der Waals surface area (Å²) in [5.41, 5.74) is 3.27. The molecule has 3 aromatic rings. The number of carbonyl (C=O) groups is 1. The number of benzene rings is 3. The van der Waals surface area contributed by atoms with Gasteiger partial charge in [0.25, 0.3) is 5.91 Å². The molecule has 0 bridgehead atoms. The highest BCUT2D eigenvalue weighted by Crippen LogP contribution is 2.28. The second-order valence-corrected chi connectivity index (χ2v) is 6.30. The Kier molecular flexibility index (Phi) is 6.24. The first kappa shape index (κ1) is 19.4. The molecule has 5 nitrogen and oxygen atoms in total. The molecule has 0 fully saturated rings. The molecule has 0 spiro atoms. The van der Waals surface area contributed by atoms with Crippen molar-refractivity contribution in [1.29, 1.82) is 0 Å². The van der Waals surface area contributed by atoms with Crippen molar-refractivity contribution in [2.75, 3.05) is 19.5 Å². The summed E-state index contributed by atoms with van der Waals surface area (Å²) in [4.78, 5) is 12.5. The molecule has 0 radical (unpaired) electrons. The lowest BCUT2D eigenvalue weighted by Crippen LogP contribution is -2.34. The average Bonchev–Trinajstić information content (AvgIpc) is 2.74. The minimum absolute atomic E-state index is 0.211. The molecule has 3 rings (SSSR count). The largest absolute Gasteiger partial charge is 0.493 e. The van der Waals surface area contributed by atoms with Gasteiger partial charge in [0.1, 0.15) is 0 Å². The number of ether oxygens (including phenoxy) is 2. The quantitative estimate of drug-likeness (QED) is 0.626. The van der Waals surface area contributed by atoms with Crippen LogP contribution < -0.4 is 20.1 Å². The number of nitrogens with one attached hydrogen (secondary N) is 2. The Balaban J connectivity index is 1.74. The molecule has 3 aromatic carbocycles. The zero-order chi connectivity index (χ0) is 19.9. The second kappa shape index (κ2) is 9.01. The molecule has 28 heavy (non-hydrogen) atoms. The van der Waals surface area contributed by atoms with E-state index in [0.29, 0.717) is 17.1 Å². The monoisotopic (exact) mass is 392 g/mol. The van der Waals surface area contributed by atoms with Gasteiger partial charge in [0.05, 0.1) is 14.2 Å². The van der Waals surface area contributed by atoms with Gasteiger partial charge in [-0.1, -0.05) is 48.5 Å². The lowest BCUT2D eigenvalue weighted by molar-refractivity contribution is 0.0977. The Hall–Kier alpha value is -3.38. The highest BCUT2D eigenvalue weighted by molar-refractivity contribution is 7.80. The molecule has 2 N–H and O–H groups in total. The van der Waals surface area contributed by atoms with Gasteiger partial charge in [-0.05, 0) is 42.0 Å². The van der Waals surface area contributed by atoms with Crippen LogP contribution in [-0.2, 0) is 0 Å². The van der Waals surface area contributed by atoms with Crippen LogP contribution in [0, 0.1) is 0 Å². The molecule has 0 saturated heterocycles. The van der Waals surface area contributed by atoms with Gasteiger partial charge >= 0.3 is 0 Å². The third-order valence-electron chi connectivity index (χ3n) is 4.13. The molecule has 0 unspecified atom stereocenters. The Bertz CT molecular complexity index is 990. The smallest absolute Gasteiger partial charge is 0.257 e. The van der Waals surface area contributed by atoms with Crippen LogP contribution in [0.2, 0.25) is 0 Å². The number of methoxy groups -OCH3 is 2. The number of thiocarbonyl (C=S) groups is 1. The maximum absolute atomic E-state index is 12.5. The first-order chi connectivity index (χ1) is 13.6.